The molecule has 0 saturated carbocycles. The third kappa shape index (κ3) is 12.8. The number of urea groups is 1. The van der Waals surface area contributed by atoms with Gasteiger partial charge in [0.05, 0.1) is 57.5 Å². The Morgan fingerprint density at radius 2 is 0.809 bits per heavy atom. The molecule has 10 heterocycles. The zero-order valence-electron chi connectivity index (χ0n) is 51.6. The minimum atomic E-state index is -0.798. The normalized spacial score (nSPS) is 12.4. The Balaban J connectivity index is 0.000000128. The Morgan fingerprint density at radius 3 is 1.19 bits per heavy atom. The number of fused-ring (bicyclic) bond motifs is 12. The number of aryl methyl sites for hydroxylation is 3. The molecule has 0 atom stereocenters. The lowest BCUT2D eigenvalue weighted by Crippen LogP contribution is -2.38. The number of aromatic nitrogens is 9. The van der Waals surface area contributed by atoms with Crippen LogP contribution in [0.4, 0.5) is 28.1 Å². The Kier molecular flexibility index (Phi) is 18.3. The summed E-state index contributed by atoms with van der Waals surface area (Å²) in [6, 6.07) is 41.7. The second-order valence-corrected chi connectivity index (χ2v) is 22.2. The number of amides is 7. The number of anilines is 4. The van der Waals surface area contributed by atoms with Gasteiger partial charge >= 0.3 is 6.03 Å². The maximum atomic E-state index is 11.6. The number of ether oxygens (including phenoxy) is 1. The van der Waals surface area contributed by atoms with Gasteiger partial charge in [-0.1, -0.05) is 72.8 Å². The molecule has 94 heavy (non-hydrogen) atoms. The molecule has 1 fully saturated rings. The number of benzene rings is 4. The van der Waals surface area contributed by atoms with Crippen LogP contribution in [0.1, 0.15) is 55.3 Å². The molecule has 4 aromatic carbocycles. The largest absolute Gasteiger partial charge is 0.383 e. The Hall–Kier alpha value is -12.1. The number of para-hydroxylation sites is 4. The number of primary amides is 5. The molecule has 0 unspecified atom stereocenters. The lowest BCUT2D eigenvalue weighted by molar-refractivity contribution is -0.119. The van der Waals surface area contributed by atoms with E-state index in [0.29, 0.717) is 30.9 Å². The van der Waals surface area contributed by atoms with Gasteiger partial charge in [-0.05, 0) is 67.6 Å². The fraction of sp³-hybridized carbons (Fsp3) is 0.194. The Bertz CT molecular complexity index is 5100. The number of carbonyl (C=O) groups is 6. The molecule has 0 bridgehead atoms. The number of rotatable bonds is 15. The number of nitrogens with one attached hydrogen (secondary N) is 2. The van der Waals surface area contributed by atoms with Crippen LogP contribution in [0.3, 0.4) is 0 Å². The van der Waals surface area contributed by atoms with E-state index in [4.69, 9.17) is 50.6 Å². The van der Waals surface area contributed by atoms with Crippen molar-refractivity contribution >= 4 is 147 Å². The predicted octanol–water partition coefficient (Wildman–Crippen LogP) is 6.38. The van der Waals surface area contributed by atoms with Crippen molar-refractivity contribution in [2.24, 2.45) is 28.7 Å². The number of nitrogens with zero attached hydrogens (tertiary/aromatic N) is 10. The van der Waals surface area contributed by atoms with E-state index in [0.717, 1.165) is 129 Å². The summed E-state index contributed by atoms with van der Waals surface area (Å²) in [4.78, 5) is 88.6. The summed E-state index contributed by atoms with van der Waals surface area (Å²) >= 11 is 0. The summed E-state index contributed by atoms with van der Waals surface area (Å²) in [6.45, 7) is 11.9. The van der Waals surface area contributed by atoms with E-state index in [1.807, 2.05) is 132 Å². The molecule has 0 aliphatic carbocycles. The van der Waals surface area contributed by atoms with Crippen LogP contribution < -0.4 is 56.5 Å². The van der Waals surface area contributed by atoms with Gasteiger partial charge in [-0.15, -0.1) is 0 Å². The van der Waals surface area contributed by atoms with Gasteiger partial charge in [0.25, 0.3) is 23.6 Å². The van der Waals surface area contributed by atoms with Gasteiger partial charge < -0.3 is 78.8 Å². The van der Waals surface area contributed by atoms with E-state index in [2.05, 4.69) is 55.2 Å². The first-order valence-corrected chi connectivity index (χ1v) is 30.2. The summed E-state index contributed by atoms with van der Waals surface area (Å²) < 4.78 is 15.8. The third-order valence-electron chi connectivity index (χ3n) is 16.4. The van der Waals surface area contributed by atoms with Crippen LogP contribution in [-0.2, 0) is 42.3 Å². The Morgan fingerprint density at radius 1 is 0.447 bits per heavy atom. The molecule has 480 valence electrons. The molecule has 0 radical (unpaired) electrons. The van der Waals surface area contributed by atoms with Crippen LogP contribution in [0.25, 0.3) is 87.7 Å². The number of hydrogen-bond acceptors (Lipinski definition) is 15. The molecular weight excluding hydrogens is 1200 g/mol. The van der Waals surface area contributed by atoms with Crippen LogP contribution in [0.2, 0.25) is 0 Å². The van der Waals surface area contributed by atoms with Crippen molar-refractivity contribution < 1.29 is 33.5 Å². The highest BCUT2D eigenvalue weighted by molar-refractivity contribution is 6.14. The number of morpholine rings is 1. The van der Waals surface area contributed by atoms with E-state index >= 15 is 0 Å². The van der Waals surface area contributed by atoms with E-state index in [1.54, 1.807) is 24.3 Å². The van der Waals surface area contributed by atoms with Crippen LogP contribution in [0, 0.1) is 0 Å². The average molecular weight is 1270 g/mol. The molecule has 1 saturated heterocycles. The van der Waals surface area contributed by atoms with Gasteiger partial charge in [0.1, 0.15) is 45.9 Å². The first kappa shape index (κ1) is 63.5. The summed E-state index contributed by atoms with van der Waals surface area (Å²) in [5, 5.41) is 12.6. The van der Waals surface area contributed by atoms with Crippen LogP contribution in [0.15, 0.2) is 146 Å². The van der Waals surface area contributed by atoms with Crippen LogP contribution in [-0.4, -0.2) is 123 Å². The molecule has 14 rings (SSSR count). The quantitative estimate of drug-likeness (QED) is 0.0532. The van der Waals surface area contributed by atoms with Crippen molar-refractivity contribution in [2.75, 3.05) is 61.9 Å². The van der Waals surface area contributed by atoms with Crippen molar-refractivity contribution in [3.63, 3.8) is 0 Å². The van der Waals surface area contributed by atoms with Crippen molar-refractivity contribution in [1.82, 2.24) is 53.0 Å². The second-order valence-electron chi connectivity index (χ2n) is 22.2. The monoisotopic (exact) mass is 1270 g/mol. The van der Waals surface area contributed by atoms with Gasteiger partial charge in [0, 0.05) is 121 Å². The highest BCUT2D eigenvalue weighted by Crippen LogP contribution is 2.35. The summed E-state index contributed by atoms with van der Waals surface area (Å²) in [7, 11) is 0. The average Bonchev–Trinajstić information content (AvgIpc) is 1.64. The number of hydrogen-bond donors (Lipinski definition) is 10. The molecule has 9 aromatic heterocycles. The second kappa shape index (κ2) is 27.2. The fourth-order valence-electron chi connectivity index (χ4n) is 12.0. The topological polar surface area (TPSA) is 423 Å². The number of pyridine rings is 4. The molecular formula is C67H70N20O7. The highest BCUT2D eigenvalue weighted by atomic mass is 16.5. The molecule has 13 aromatic rings. The fourth-order valence-corrected chi connectivity index (χ4v) is 12.0. The van der Waals surface area contributed by atoms with Gasteiger partial charge in [0.15, 0.2) is 0 Å². The SMILES string of the molecule is CC(=O)NCCn1c2ccccc2c2cc(C(N)=O)c(N)nc21.CCn1c2ccccc2c2cc(C(N)=O)c(NC(N)=O)nc21.NC(=O)c1cc2c3ccccc3n(CCN3CCOCC3)c2nc1N.NC(=O)c1cc2c3ccccc3n(CCn3cccc3)c2nc1N. The minimum absolute atomic E-state index is 0.0741. The summed E-state index contributed by atoms with van der Waals surface area (Å²) in [5.74, 6) is -1.97. The van der Waals surface area contributed by atoms with Crippen LogP contribution in [0.5, 0.6) is 0 Å². The molecule has 1 aliphatic heterocycles. The third-order valence-corrected chi connectivity index (χ3v) is 16.4. The molecule has 27 heteroatoms. The van der Waals surface area contributed by atoms with Gasteiger partial charge in [-0.3, -0.25) is 34.2 Å². The lowest BCUT2D eigenvalue weighted by Gasteiger charge is -2.26. The predicted molar refractivity (Wildman–Crippen MR) is 366 cm³/mol. The van der Waals surface area contributed by atoms with Crippen molar-refractivity contribution in [1.29, 1.82) is 0 Å². The smallest absolute Gasteiger partial charge is 0.317 e. The van der Waals surface area contributed by atoms with Gasteiger partial charge in [0.2, 0.25) is 5.91 Å². The number of nitrogens with two attached hydrogens (primary N) is 8. The first-order valence-electron chi connectivity index (χ1n) is 30.2. The van der Waals surface area contributed by atoms with Gasteiger partial charge in [-0.2, -0.15) is 0 Å². The van der Waals surface area contributed by atoms with Crippen molar-refractivity contribution in [3.05, 3.63) is 168 Å². The van der Waals surface area contributed by atoms with Gasteiger partial charge in [-0.25, -0.2) is 24.7 Å². The lowest BCUT2D eigenvalue weighted by atomic mass is 10.1. The standard InChI is InChI=1S/C18H21N5O2.C18H17N5O.C16H17N5O2.C15H15N5O2/c19-16-14(17(20)24)11-13-12-3-1-2-4-15(12)23(18(13)21-16)6-5-22-7-9-25-10-8-22;19-16-14(17(20)24)11-13-12-5-1-2-6-15(12)23(18(13)21-16)10-9-22-7-3-4-8-22;1-9(22)19-6-7-21-13-5-3-2-4-10(13)11-8-12(15(18)23)14(17)20-16(11)21;1-2-20-11-6-4-3-5-8(11)9-7-10(12(16)21)13(18-14(9)20)19-15(17)22/h1-4,11H,5-10H2,(H2,19,21)(H2,20,24);1-8,11H,9-10H2,(H2,19,21)(H2,20,24);2-5,8H,6-7H2,1H3,(H2,17,20)(H2,18,23)(H,19,22);3-7H,2H2,1H3,(H2,16,21)(H3,17,18,19,22). The Labute approximate surface area is 536 Å². The van der Waals surface area contributed by atoms with Crippen molar-refractivity contribution in [2.45, 2.75) is 46.6 Å². The molecule has 1 aliphatic rings. The maximum Gasteiger partial charge on any atom is 0.317 e. The van der Waals surface area contributed by atoms with E-state index in [9.17, 15) is 28.8 Å². The number of carbonyl (C=O) groups excluding carboxylic acids is 6. The first-order chi connectivity index (χ1) is 45.3. The summed E-state index contributed by atoms with van der Waals surface area (Å²) in [6.07, 6.45) is 4.06. The minimum Gasteiger partial charge on any atom is -0.383 e. The number of nitrogen functional groups attached to an aromatic ring is 3. The maximum absolute atomic E-state index is 11.6. The summed E-state index contributed by atoms with van der Waals surface area (Å²) in [5.41, 5.74) is 52.3. The van der Waals surface area contributed by atoms with Crippen molar-refractivity contribution in [3.8, 4) is 0 Å². The zero-order valence-corrected chi connectivity index (χ0v) is 51.6. The van der Waals surface area contributed by atoms with E-state index in [-0.39, 0.29) is 51.4 Å². The van der Waals surface area contributed by atoms with Crippen LogP contribution >= 0.6 is 0 Å². The molecule has 27 nitrogen and oxygen atoms in total. The van der Waals surface area contributed by atoms with E-state index < -0.39 is 29.7 Å². The molecule has 7 amide bonds. The highest BCUT2D eigenvalue weighted by Gasteiger charge is 2.22. The molecule has 0 spiro atoms. The molecule has 18 N–H and O–H groups in total. The van der Waals surface area contributed by atoms with E-state index in [1.165, 1.54) is 6.92 Å². The zero-order chi connectivity index (χ0) is 66.5.